The van der Waals surface area contributed by atoms with Crippen LogP contribution in [0.4, 0.5) is 4.39 Å². The summed E-state index contributed by atoms with van der Waals surface area (Å²) >= 11 is 5.72. The quantitative estimate of drug-likeness (QED) is 0.875. The molecule has 0 spiro atoms. The van der Waals surface area contributed by atoms with E-state index in [1.54, 1.807) is 0 Å². The molecule has 0 atom stereocenters. The van der Waals surface area contributed by atoms with Crippen LogP contribution in [-0.2, 0) is 16.6 Å². The molecule has 1 aliphatic rings. The minimum atomic E-state index is -3.63. The van der Waals surface area contributed by atoms with Crippen LogP contribution < -0.4 is 4.90 Å². The highest BCUT2D eigenvalue weighted by molar-refractivity contribution is 7.89. The molecule has 0 unspecified atom stereocenters. The standard InChI is InChI=1S/C18H20ClFN2O2S/c1-14-2-4-15(5-3-14)13-21-8-10-22(11-9-21)25(23,24)16-6-7-18(20)17(19)12-16/h2-7,12H,8-11,13H2,1H3/p+1. The number of piperazine rings is 1. The van der Waals surface area contributed by atoms with Crippen molar-refractivity contribution in [3.05, 3.63) is 64.4 Å². The van der Waals surface area contributed by atoms with Crippen molar-refractivity contribution in [2.24, 2.45) is 0 Å². The van der Waals surface area contributed by atoms with Gasteiger partial charge in [-0.15, -0.1) is 0 Å². The molecular weight excluding hydrogens is 363 g/mol. The van der Waals surface area contributed by atoms with Gasteiger partial charge in [0.1, 0.15) is 12.4 Å². The number of sulfonamides is 1. The Morgan fingerprint density at radius 1 is 1.12 bits per heavy atom. The summed E-state index contributed by atoms with van der Waals surface area (Å²) in [6.45, 7) is 5.31. The van der Waals surface area contributed by atoms with E-state index in [0.29, 0.717) is 13.1 Å². The predicted octanol–water partition coefficient (Wildman–Crippen LogP) is 1.88. The Morgan fingerprint density at radius 3 is 2.36 bits per heavy atom. The van der Waals surface area contributed by atoms with E-state index in [2.05, 4.69) is 31.2 Å². The average molecular weight is 384 g/mol. The lowest BCUT2D eigenvalue weighted by atomic mass is 10.1. The Balaban J connectivity index is 1.64. The van der Waals surface area contributed by atoms with E-state index in [9.17, 15) is 12.8 Å². The smallest absolute Gasteiger partial charge is 0.243 e. The van der Waals surface area contributed by atoms with E-state index in [4.69, 9.17) is 11.6 Å². The van der Waals surface area contributed by atoms with Gasteiger partial charge in [-0.2, -0.15) is 4.31 Å². The fraction of sp³-hybridized carbons (Fsp3) is 0.333. The lowest BCUT2D eigenvalue weighted by molar-refractivity contribution is -0.917. The van der Waals surface area contributed by atoms with Crippen LogP contribution >= 0.6 is 11.6 Å². The third kappa shape index (κ3) is 4.20. The molecule has 0 saturated carbocycles. The number of quaternary nitrogens is 1. The number of hydrogen-bond donors (Lipinski definition) is 1. The van der Waals surface area contributed by atoms with Crippen molar-refractivity contribution < 1.29 is 17.7 Å². The Kier molecular flexibility index (Phi) is 5.43. The highest BCUT2D eigenvalue weighted by Crippen LogP contribution is 2.22. The lowest BCUT2D eigenvalue weighted by Crippen LogP contribution is -3.13. The Bertz CT molecular complexity index is 848. The van der Waals surface area contributed by atoms with Crippen molar-refractivity contribution in [1.82, 2.24) is 4.31 Å². The number of benzene rings is 2. The zero-order valence-corrected chi connectivity index (χ0v) is 15.6. The third-order valence-corrected chi connectivity index (χ3v) is 6.72. The van der Waals surface area contributed by atoms with E-state index in [1.807, 2.05) is 0 Å². The van der Waals surface area contributed by atoms with Gasteiger partial charge in [-0.25, -0.2) is 12.8 Å². The number of hydrogen-bond acceptors (Lipinski definition) is 2. The maximum Gasteiger partial charge on any atom is 0.243 e. The largest absolute Gasteiger partial charge is 0.329 e. The van der Waals surface area contributed by atoms with E-state index >= 15 is 0 Å². The molecule has 25 heavy (non-hydrogen) atoms. The topological polar surface area (TPSA) is 41.8 Å². The summed E-state index contributed by atoms with van der Waals surface area (Å²) in [5.41, 5.74) is 2.48. The Hall–Kier alpha value is -1.47. The van der Waals surface area contributed by atoms with Crippen molar-refractivity contribution in [2.75, 3.05) is 26.2 Å². The highest BCUT2D eigenvalue weighted by atomic mass is 35.5. The van der Waals surface area contributed by atoms with Crippen LogP contribution in [0.5, 0.6) is 0 Å². The Morgan fingerprint density at radius 2 is 1.76 bits per heavy atom. The molecule has 7 heteroatoms. The molecule has 0 bridgehead atoms. The van der Waals surface area contributed by atoms with Crippen molar-refractivity contribution >= 4 is 21.6 Å². The molecule has 1 saturated heterocycles. The minimum absolute atomic E-state index is 0.0425. The van der Waals surface area contributed by atoms with Crippen LogP contribution in [0, 0.1) is 12.7 Å². The molecule has 2 aromatic rings. The summed E-state index contributed by atoms with van der Waals surface area (Å²) in [6, 6.07) is 12.0. The van der Waals surface area contributed by atoms with Crippen LogP contribution in [0.1, 0.15) is 11.1 Å². The molecule has 1 fully saturated rings. The zero-order valence-electron chi connectivity index (χ0n) is 14.0. The number of nitrogens with one attached hydrogen (secondary N) is 1. The van der Waals surface area contributed by atoms with E-state index in [-0.39, 0.29) is 9.92 Å². The summed E-state index contributed by atoms with van der Waals surface area (Å²) in [5, 5.41) is -0.176. The van der Waals surface area contributed by atoms with Gasteiger partial charge in [0.2, 0.25) is 10.0 Å². The maximum absolute atomic E-state index is 13.3. The van der Waals surface area contributed by atoms with Gasteiger partial charge in [-0.1, -0.05) is 41.4 Å². The molecule has 1 aliphatic heterocycles. The van der Waals surface area contributed by atoms with Crippen LogP contribution in [0.25, 0.3) is 0 Å². The number of aryl methyl sites for hydroxylation is 1. The molecule has 1 N–H and O–H groups in total. The monoisotopic (exact) mass is 383 g/mol. The van der Waals surface area contributed by atoms with Gasteiger partial charge in [-0.05, 0) is 25.1 Å². The van der Waals surface area contributed by atoms with Gasteiger partial charge >= 0.3 is 0 Å². The van der Waals surface area contributed by atoms with Crippen molar-refractivity contribution in [3.8, 4) is 0 Å². The first-order valence-electron chi connectivity index (χ1n) is 8.20. The zero-order chi connectivity index (χ0) is 18.0. The summed E-state index contributed by atoms with van der Waals surface area (Å²) in [6.07, 6.45) is 0. The van der Waals surface area contributed by atoms with Gasteiger partial charge in [0.15, 0.2) is 0 Å². The second kappa shape index (κ2) is 7.41. The molecule has 2 aromatic carbocycles. The maximum atomic E-state index is 13.3. The SMILES string of the molecule is Cc1ccc(C[NH+]2CCN(S(=O)(=O)c3ccc(F)c(Cl)c3)CC2)cc1. The number of rotatable bonds is 4. The molecular formula is C18H21ClFN2O2S+. The summed E-state index contributed by atoms with van der Waals surface area (Å²) in [5.74, 6) is -0.618. The summed E-state index contributed by atoms with van der Waals surface area (Å²) in [4.78, 5) is 1.40. The van der Waals surface area contributed by atoms with Crippen LogP contribution in [0.3, 0.4) is 0 Å². The molecule has 0 radical (unpaired) electrons. The number of halogens is 2. The Labute approximate surface area is 152 Å². The second-order valence-corrected chi connectivity index (χ2v) is 8.74. The van der Waals surface area contributed by atoms with E-state index in [0.717, 1.165) is 25.7 Å². The third-order valence-electron chi connectivity index (χ3n) is 4.53. The fourth-order valence-corrected chi connectivity index (χ4v) is 4.71. The first-order valence-corrected chi connectivity index (χ1v) is 10.0. The predicted molar refractivity (Wildman–Crippen MR) is 95.7 cm³/mol. The first kappa shape index (κ1) is 18.3. The van der Waals surface area contributed by atoms with Crippen LogP contribution in [0.15, 0.2) is 47.4 Å². The minimum Gasteiger partial charge on any atom is -0.329 e. The second-order valence-electron chi connectivity index (χ2n) is 6.39. The molecule has 1 heterocycles. The van der Waals surface area contributed by atoms with Crippen molar-refractivity contribution in [2.45, 2.75) is 18.4 Å². The summed E-state index contributed by atoms with van der Waals surface area (Å²) in [7, 11) is -3.63. The van der Waals surface area contributed by atoms with Gasteiger partial charge in [0, 0.05) is 5.56 Å². The van der Waals surface area contributed by atoms with E-state index in [1.165, 1.54) is 32.5 Å². The van der Waals surface area contributed by atoms with Gasteiger partial charge in [0.05, 0.1) is 36.1 Å². The van der Waals surface area contributed by atoms with Gasteiger partial charge < -0.3 is 4.90 Å². The molecule has 4 nitrogen and oxygen atoms in total. The van der Waals surface area contributed by atoms with E-state index < -0.39 is 15.8 Å². The first-order chi connectivity index (χ1) is 11.9. The molecule has 134 valence electrons. The van der Waals surface area contributed by atoms with Gasteiger partial charge in [-0.3, -0.25) is 0 Å². The molecule has 0 aliphatic carbocycles. The van der Waals surface area contributed by atoms with Crippen LogP contribution in [-0.4, -0.2) is 38.9 Å². The van der Waals surface area contributed by atoms with Gasteiger partial charge in [0.25, 0.3) is 0 Å². The highest BCUT2D eigenvalue weighted by Gasteiger charge is 2.30. The summed E-state index contributed by atoms with van der Waals surface area (Å²) < 4.78 is 40.1. The van der Waals surface area contributed by atoms with Crippen LogP contribution in [0.2, 0.25) is 5.02 Å². The average Bonchev–Trinajstić information content (AvgIpc) is 2.60. The normalized spacial score (nSPS) is 16.9. The fourth-order valence-electron chi connectivity index (χ4n) is 3.00. The van der Waals surface area contributed by atoms with Crippen molar-refractivity contribution in [1.29, 1.82) is 0 Å². The lowest BCUT2D eigenvalue weighted by Gasteiger charge is -2.31. The molecule has 0 aromatic heterocycles. The molecule has 3 rings (SSSR count). The number of nitrogens with zero attached hydrogens (tertiary/aromatic N) is 1. The van der Waals surface area contributed by atoms with Crippen molar-refractivity contribution in [3.63, 3.8) is 0 Å². The molecule has 0 amide bonds.